The minimum atomic E-state index is 0.142. The molecule has 0 N–H and O–H groups in total. The first-order valence-corrected chi connectivity index (χ1v) is 6.57. The Labute approximate surface area is 100 Å². The lowest BCUT2D eigenvalue weighted by molar-refractivity contribution is -0.133. The van der Waals surface area contributed by atoms with Crippen LogP contribution in [0, 0.1) is 23.2 Å². The largest absolute Gasteiger partial charge is 0.299 e. The van der Waals surface area contributed by atoms with E-state index < -0.39 is 0 Å². The first-order chi connectivity index (χ1) is 7.42. The average Bonchev–Trinajstić information content (AvgIpc) is 2.13. The number of rotatable bonds is 4. The van der Waals surface area contributed by atoms with Crippen molar-refractivity contribution >= 4 is 5.78 Å². The molecule has 16 heavy (non-hydrogen) atoms. The molecule has 1 saturated carbocycles. The molecule has 0 amide bonds. The molecule has 0 radical (unpaired) electrons. The fourth-order valence-corrected chi connectivity index (χ4v) is 3.58. The van der Waals surface area contributed by atoms with Gasteiger partial charge in [-0.1, -0.05) is 40.2 Å². The van der Waals surface area contributed by atoms with Crippen LogP contribution in [0.25, 0.3) is 0 Å². The lowest BCUT2D eigenvalue weighted by Crippen LogP contribution is -2.42. The minimum absolute atomic E-state index is 0.142. The monoisotopic (exact) mass is 222 g/mol. The third kappa shape index (κ3) is 2.75. The molecule has 1 nitrogen and oxygen atoms in total. The predicted octanol–water partition coefficient (Wildman–Crippen LogP) is 4.23. The number of carbonyl (C=O) groups is 1. The lowest BCUT2D eigenvalue weighted by Gasteiger charge is -2.43. The van der Waals surface area contributed by atoms with E-state index in [1.165, 1.54) is 0 Å². The average molecular weight is 222 g/mol. The summed E-state index contributed by atoms with van der Waals surface area (Å²) in [6.07, 6.45) is 6.16. The molecule has 1 rings (SSSR count). The first kappa shape index (κ1) is 13.5. The fourth-order valence-electron chi connectivity index (χ4n) is 3.58. The molecule has 0 heterocycles. The molecule has 1 fully saturated rings. The molecule has 3 atom stereocenters. The summed E-state index contributed by atoms with van der Waals surface area (Å²) < 4.78 is 0. The van der Waals surface area contributed by atoms with Gasteiger partial charge in [-0.25, -0.2) is 0 Å². The molecule has 0 spiro atoms. The molecular weight excluding hydrogens is 196 g/mol. The molecule has 92 valence electrons. The molecule has 1 heteroatoms. The molecule has 0 aromatic carbocycles. The van der Waals surface area contributed by atoms with Crippen molar-refractivity contribution in [3.63, 3.8) is 0 Å². The van der Waals surface area contributed by atoms with Crippen molar-refractivity contribution in [3.8, 4) is 0 Å². The Morgan fingerprint density at radius 2 is 2.19 bits per heavy atom. The molecule has 0 saturated heterocycles. The number of hydrogen-bond acceptors (Lipinski definition) is 1. The van der Waals surface area contributed by atoms with Gasteiger partial charge in [-0.3, -0.25) is 4.79 Å². The Kier molecular flexibility index (Phi) is 4.35. The summed E-state index contributed by atoms with van der Waals surface area (Å²) in [5, 5.41) is 0. The molecule has 0 aliphatic heterocycles. The summed E-state index contributed by atoms with van der Waals surface area (Å²) in [5.41, 5.74) is 0.142. The van der Waals surface area contributed by atoms with Crippen molar-refractivity contribution in [2.45, 2.75) is 53.4 Å². The van der Waals surface area contributed by atoms with E-state index in [9.17, 15) is 4.79 Å². The second kappa shape index (κ2) is 5.16. The number of allylic oxidation sites excluding steroid dienone is 1. The smallest absolute Gasteiger partial charge is 0.137 e. The van der Waals surface area contributed by atoms with Crippen LogP contribution in [0.15, 0.2) is 12.7 Å². The van der Waals surface area contributed by atoms with E-state index >= 15 is 0 Å². The van der Waals surface area contributed by atoms with Crippen molar-refractivity contribution in [3.05, 3.63) is 12.7 Å². The van der Waals surface area contributed by atoms with Crippen molar-refractivity contribution in [2.24, 2.45) is 23.2 Å². The van der Waals surface area contributed by atoms with Gasteiger partial charge in [0.1, 0.15) is 5.78 Å². The summed E-state index contributed by atoms with van der Waals surface area (Å²) >= 11 is 0. The highest BCUT2D eigenvalue weighted by Gasteiger charge is 2.43. The number of Topliss-reactive ketones (excluding diaryl/α,β-unsaturated/α-hetero) is 1. The zero-order valence-corrected chi connectivity index (χ0v) is 11.3. The highest BCUT2D eigenvalue weighted by Crippen LogP contribution is 2.46. The van der Waals surface area contributed by atoms with E-state index in [2.05, 4.69) is 34.3 Å². The Balaban J connectivity index is 2.90. The van der Waals surface area contributed by atoms with Crippen LogP contribution in [-0.4, -0.2) is 5.78 Å². The van der Waals surface area contributed by atoms with E-state index in [4.69, 9.17) is 0 Å². The molecule has 0 aromatic rings. The summed E-state index contributed by atoms with van der Waals surface area (Å²) in [7, 11) is 0. The van der Waals surface area contributed by atoms with E-state index in [0.29, 0.717) is 17.6 Å². The predicted molar refractivity (Wildman–Crippen MR) is 69.3 cm³/mol. The third-order valence-corrected chi connectivity index (χ3v) is 3.97. The van der Waals surface area contributed by atoms with E-state index in [-0.39, 0.29) is 11.3 Å². The van der Waals surface area contributed by atoms with Gasteiger partial charge in [-0.2, -0.15) is 0 Å². The van der Waals surface area contributed by atoms with Gasteiger partial charge in [0.25, 0.3) is 0 Å². The van der Waals surface area contributed by atoms with Gasteiger partial charge in [0.15, 0.2) is 0 Å². The third-order valence-electron chi connectivity index (χ3n) is 3.97. The van der Waals surface area contributed by atoms with Gasteiger partial charge in [0, 0.05) is 12.3 Å². The topological polar surface area (TPSA) is 17.1 Å². The van der Waals surface area contributed by atoms with E-state index in [1.807, 2.05) is 6.08 Å². The maximum Gasteiger partial charge on any atom is 0.137 e. The first-order valence-electron chi connectivity index (χ1n) is 6.57. The molecule has 1 aliphatic rings. The van der Waals surface area contributed by atoms with Gasteiger partial charge in [0.2, 0.25) is 0 Å². The van der Waals surface area contributed by atoms with E-state index in [0.717, 1.165) is 25.7 Å². The van der Waals surface area contributed by atoms with Crippen LogP contribution in [0.1, 0.15) is 53.4 Å². The van der Waals surface area contributed by atoms with Gasteiger partial charge in [0.05, 0.1) is 0 Å². The van der Waals surface area contributed by atoms with Gasteiger partial charge in [-0.05, 0) is 30.1 Å². The number of hydrogen-bond donors (Lipinski definition) is 0. The van der Waals surface area contributed by atoms with Crippen LogP contribution in [0.5, 0.6) is 0 Å². The molecule has 3 unspecified atom stereocenters. The second-order valence-electron chi connectivity index (χ2n) is 6.13. The zero-order chi connectivity index (χ0) is 12.3. The van der Waals surface area contributed by atoms with Crippen molar-refractivity contribution in [1.29, 1.82) is 0 Å². The second-order valence-corrected chi connectivity index (χ2v) is 6.13. The van der Waals surface area contributed by atoms with Gasteiger partial charge < -0.3 is 0 Å². The van der Waals surface area contributed by atoms with Crippen LogP contribution in [0.4, 0.5) is 0 Å². The molecule has 0 bridgehead atoms. The standard InChI is InChI=1S/C15H26O/c1-6-8-12(7-2)14-13(16)9-11(3)10-15(14,4)5/h7,11-12,14H,2,6,8-10H2,1,3-5H3. The van der Waals surface area contributed by atoms with E-state index in [1.54, 1.807) is 0 Å². The minimum Gasteiger partial charge on any atom is -0.299 e. The van der Waals surface area contributed by atoms with Crippen LogP contribution in [0.3, 0.4) is 0 Å². The van der Waals surface area contributed by atoms with Gasteiger partial charge in [-0.15, -0.1) is 6.58 Å². The molecule has 1 aliphatic carbocycles. The Morgan fingerprint density at radius 1 is 1.56 bits per heavy atom. The summed E-state index contributed by atoms with van der Waals surface area (Å²) in [4.78, 5) is 12.2. The maximum absolute atomic E-state index is 12.2. The molecular formula is C15H26O. The quantitative estimate of drug-likeness (QED) is 0.651. The maximum atomic E-state index is 12.2. The van der Waals surface area contributed by atoms with Crippen molar-refractivity contribution in [2.75, 3.05) is 0 Å². The normalized spacial score (nSPS) is 31.1. The SMILES string of the molecule is C=CC(CCC)C1C(=O)CC(C)CC1(C)C. The Morgan fingerprint density at radius 3 is 2.62 bits per heavy atom. The Hall–Kier alpha value is -0.590. The Bertz CT molecular complexity index is 265. The van der Waals surface area contributed by atoms with Crippen molar-refractivity contribution in [1.82, 2.24) is 0 Å². The lowest BCUT2D eigenvalue weighted by atomic mass is 9.60. The van der Waals surface area contributed by atoms with Gasteiger partial charge >= 0.3 is 0 Å². The molecule has 0 aromatic heterocycles. The zero-order valence-electron chi connectivity index (χ0n) is 11.3. The highest BCUT2D eigenvalue weighted by atomic mass is 16.1. The van der Waals surface area contributed by atoms with Crippen LogP contribution >= 0.6 is 0 Å². The summed E-state index contributed by atoms with van der Waals surface area (Å²) in [6, 6.07) is 0. The highest BCUT2D eigenvalue weighted by molar-refractivity contribution is 5.83. The summed E-state index contributed by atoms with van der Waals surface area (Å²) in [6.45, 7) is 12.8. The van der Waals surface area contributed by atoms with Crippen LogP contribution in [0.2, 0.25) is 0 Å². The number of ketones is 1. The fraction of sp³-hybridized carbons (Fsp3) is 0.800. The summed E-state index contributed by atoms with van der Waals surface area (Å²) in [5.74, 6) is 1.58. The van der Waals surface area contributed by atoms with Crippen LogP contribution in [-0.2, 0) is 4.79 Å². The number of carbonyl (C=O) groups excluding carboxylic acids is 1. The van der Waals surface area contributed by atoms with Crippen molar-refractivity contribution < 1.29 is 4.79 Å². The van der Waals surface area contributed by atoms with Crippen LogP contribution < -0.4 is 0 Å².